The summed E-state index contributed by atoms with van der Waals surface area (Å²) in [6, 6.07) is 10.2. The van der Waals surface area contributed by atoms with E-state index in [0.29, 0.717) is 5.92 Å². The zero-order valence-electron chi connectivity index (χ0n) is 9.63. The average molecular weight is 225 g/mol. The first-order valence-electron chi connectivity index (χ1n) is 6.41. The van der Waals surface area contributed by atoms with Gasteiger partial charge in [0.2, 0.25) is 0 Å². The summed E-state index contributed by atoms with van der Waals surface area (Å²) in [7, 11) is 0. The second-order valence-electron chi connectivity index (χ2n) is 5.19. The molecule has 1 N–H and O–H groups in total. The predicted molar refractivity (Wildman–Crippen MR) is 65.4 cm³/mol. The molecule has 0 radical (unpaired) electrons. The average Bonchev–Trinajstić information content (AvgIpc) is 2.81. The molecular formula is C14H15N3. The summed E-state index contributed by atoms with van der Waals surface area (Å²) in [6.45, 7) is 0. The van der Waals surface area contributed by atoms with Gasteiger partial charge in [0.15, 0.2) is 5.82 Å². The van der Waals surface area contributed by atoms with Gasteiger partial charge in [-0.3, -0.25) is 5.10 Å². The van der Waals surface area contributed by atoms with Gasteiger partial charge in [0.25, 0.3) is 0 Å². The Morgan fingerprint density at radius 1 is 1.06 bits per heavy atom. The smallest absolute Gasteiger partial charge is 0.181 e. The van der Waals surface area contributed by atoms with Crippen LogP contribution in [0.25, 0.3) is 11.4 Å². The monoisotopic (exact) mass is 225 g/mol. The fourth-order valence-corrected chi connectivity index (χ4v) is 3.37. The lowest BCUT2D eigenvalue weighted by Crippen LogP contribution is -1.90. The number of aromatic amines is 1. The van der Waals surface area contributed by atoms with Gasteiger partial charge in [0.05, 0.1) is 0 Å². The summed E-state index contributed by atoms with van der Waals surface area (Å²) in [5.74, 6) is 4.41. The molecule has 0 spiro atoms. The summed E-state index contributed by atoms with van der Waals surface area (Å²) >= 11 is 0. The Kier molecular flexibility index (Phi) is 1.89. The van der Waals surface area contributed by atoms with Crippen LogP contribution in [0.15, 0.2) is 30.3 Å². The highest BCUT2D eigenvalue weighted by Gasteiger charge is 2.54. The van der Waals surface area contributed by atoms with E-state index in [4.69, 9.17) is 0 Å². The third kappa shape index (κ3) is 1.42. The van der Waals surface area contributed by atoms with E-state index < -0.39 is 0 Å². The van der Waals surface area contributed by atoms with Crippen molar-refractivity contribution in [2.45, 2.75) is 25.2 Å². The molecule has 86 valence electrons. The van der Waals surface area contributed by atoms with E-state index in [2.05, 4.69) is 27.3 Å². The molecule has 2 unspecified atom stereocenters. The van der Waals surface area contributed by atoms with Crippen LogP contribution in [0, 0.1) is 11.8 Å². The van der Waals surface area contributed by atoms with Gasteiger partial charge in [-0.05, 0) is 24.7 Å². The summed E-state index contributed by atoms with van der Waals surface area (Å²) < 4.78 is 0. The molecule has 4 rings (SSSR count). The molecule has 2 aliphatic carbocycles. The van der Waals surface area contributed by atoms with Crippen LogP contribution in [-0.2, 0) is 0 Å². The molecule has 0 saturated heterocycles. The van der Waals surface area contributed by atoms with Gasteiger partial charge in [-0.25, -0.2) is 4.98 Å². The van der Waals surface area contributed by atoms with Gasteiger partial charge in [-0.1, -0.05) is 36.8 Å². The topological polar surface area (TPSA) is 41.6 Å². The Morgan fingerprint density at radius 3 is 2.59 bits per heavy atom. The number of rotatable bonds is 2. The van der Waals surface area contributed by atoms with Crippen molar-refractivity contribution in [3.63, 3.8) is 0 Å². The molecule has 3 heteroatoms. The maximum absolute atomic E-state index is 4.66. The largest absolute Gasteiger partial charge is 0.262 e. The maximum Gasteiger partial charge on any atom is 0.181 e. The van der Waals surface area contributed by atoms with E-state index in [1.165, 1.54) is 19.3 Å². The number of H-pyrrole nitrogens is 1. The molecule has 0 bridgehead atoms. The first kappa shape index (κ1) is 9.40. The molecule has 2 aromatic rings. The number of nitrogens with zero attached hydrogens (tertiary/aromatic N) is 2. The maximum atomic E-state index is 4.66. The number of fused-ring (bicyclic) bond motifs is 1. The molecule has 0 amide bonds. The van der Waals surface area contributed by atoms with E-state index in [1.54, 1.807) is 0 Å². The van der Waals surface area contributed by atoms with E-state index >= 15 is 0 Å². The highest BCUT2D eigenvalue weighted by molar-refractivity contribution is 5.54. The van der Waals surface area contributed by atoms with Crippen LogP contribution in [0.3, 0.4) is 0 Å². The van der Waals surface area contributed by atoms with Crippen molar-refractivity contribution in [1.29, 1.82) is 0 Å². The molecule has 2 saturated carbocycles. The van der Waals surface area contributed by atoms with Gasteiger partial charge in [0.1, 0.15) is 5.82 Å². The molecule has 1 aromatic heterocycles. The lowest BCUT2D eigenvalue weighted by Gasteiger charge is -1.97. The zero-order chi connectivity index (χ0) is 11.2. The molecule has 1 heterocycles. The number of benzene rings is 1. The van der Waals surface area contributed by atoms with Crippen molar-refractivity contribution < 1.29 is 0 Å². The second kappa shape index (κ2) is 3.42. The number of aromatic nitrogens is 3. The number of nitrogens with one attached hydrogen (secondary N) is 1. The molecule has 2 aliphatic rings. The zero-order valence-corrected chi connectivity index (χ0v) is 9.63. The third-order valence-corrected chi connectivity index (χ3v) is 4.26. The Morgan fingerprint density at radius 2 is 1.82 bits per heavy atom. The fraction of sp³-hybridized carbons (Fsp3) is 0.429. The van der Waals surface area contributed by atoms with E-state index in [1.807, 2.05) is 18.2 Å². The van der Waals surface area contributed by atoms with Crippen LogP contribution >= 0.6 is 0 Å². The molecule has 1 aromatic carbocycles. The molecule has 2 atom stereocenters. The first-order chi connectivity index (χ1) is 8.43. The summed E-state index contributed by atoms with van der Waals surface area (Å²) in [5.41, 5.74) is 1.10. The quantitative estimate of drug-likeness (QED) is 0.853. The van der Waals surface area contributed by atoms with E-state index in [9.17, 15) is 0 Å². The van der Waals surface area contributed by atoms with Crippen LogP contribution < -0.4 is 0 Å². The van der Waals surface area contributed by atoms with Gasteiger partial charge in [0, 0.05) is 11.5 Å². The van der Waals surface area contributed by atoms with Gasteiger partial charge in [-0.2, -0.15) is 5.10 Å². The minimum atomic E-state index is 0.675. The second-order valence-corrected chi connectivity index (χ2v) is 5.19. The van der Waals surface area contributed by atoms with Crippen LogP contribution in [0.4, 0.5) is 0 Å². The lowest BCUT2D eigenvalue weighted by atomic mass is 10.1. The number of hydrogen-bond donors (Lipinski definition) is 1. The standard InChI is InChI=1S/C14H15N3/c1-2-5-9(6-3-1)13-15-14(17-16-13)12-10-7-4-8-11(10)12/h1-3,5-6,10-12H,4,7-8H2,(H,15,16,17). The first-order valence-corrected chi connectivity index (χ1v) is 6.41. The number of hydrogen-bond acceptors (Lipinski definition) is 2. The predicted octanol–water partition coefficient (Wildman–Crippen LogP) is 2.99. The van der Waals surface area contributed by atoms with Crippen molar-refractivity contribution in [2.24, 2.45) is 11.8 Å². The summed E-state index contributed by atoms with van der Waals surface area (Å²) in [6.07, 6.45) is 4.18. The molecule has 2 fully saturated rings. The normalized spacial score (nSPS) is 30.2. The van der Waals surface area contributed by atoms with Crippen molar-refractivity contribution >= 4 is 0 Å². The van der Waals surface area contributed by atoms with Crippen molar-refractivity contribution in [3.05, 3.63) is 36.2 Å². The van der Waals surface area contributed by atoms with Crippen LogP contribution in [0.5, 0.6) is 0 Å². The van der Waals surface area contributed by atoms with Crippen LogP contribution in [0.1, 0.15) is 31.0 Å². The highest BCUT2D eigenvalue weighted by Crippen LogP contribution is 2.62. The van der Waals surface area contributed by atoms with Gasteiger partial charge in [-0.15, -0.1) is 0 Å². The minimum Gasteiger partial charge on any atom is -0.262 e. The van der Waals surface area contributed by atoms with Gasteiger partial charge >= 0.3 is 0 Å². The highest BCUT2D eigenvalue weighted by atomic mass is 15.2. The SMILES string of the molecule is c1ccc(-c2n[nH]c(C3C4CCCC43)n2)cc1. The summed E-state index contributed by atoms with van der Waals surface area (Å²) in [5, 5.41) is 7.47. The molecule has 3 nitrogen and oxygen atoms in total. The van der Waals surface area contributed by atoms with E-state index in [-0.39, 0.29) is 0 Å². The minimum absolute atomic E-state index is 0.675. The Labute approximate surface area is 100 Å². The van der Waals surface area contributed by atoms with Crippen molar-refractivity contribution in [3.8, 4) is 11.4 Å². The van der Waals surface area contributed by atoms with E-state index in [0.717, 1.165) is 29.0 Å². The van der Waals surface area contributed by atoms with Crippen molar-refractivity contribution in [1.82, 2.24) is 15.2 Å². The Bertz CT molecular complexity index is 521. The van der Waals surface area contributed by atoms with Gasteiger partial charge < -0.3 is 0 Å². The fourth-order valence-electron chi connectivity index (χ4n) is 3.37. The lowest BCUT2D eigenvalue weighted by molar-refractivity contribution is 0.660. The third-order valence-electron chi connectivity index (χ3n) is 4.26. The van der Waals surface area contributed by atoms with Crippen LogP contribution in [-0.4, -0.2) is 15.2 Å². The van der Waals surface area contributed by atoms with Crippen molar-refractivity contribution in [2.75, 3.05) is 0 Å². The summed E-state index contributed by atoms with van der Waals surface area (Å²) in [4.78, 5) is 4.66. The molecule has 17 heavy (non-hydrogen) atoms. The molecular weight excluding hydrogens is 210 g/mol. The van der Waals surface area contributed by atoms with Crippen LogP contribution in [0.2, 0.25) is 0 Å². The Hall–Kier alpha value is -1.64. The Balaban J connectivity index is 1.62. The molecule has 0 aliphatic heterocycles.